The summed E-state index contributed by atoms with van der Waals surface area (Å²) < 4.78 is 16.7. The molecule has 3 nitrogen and oxygen atoms in total. The Morgan fingerprint density at radius 1 is 1.67 bits per heavy atom. The number of pyridine rings is 1. The minimum Gasteiger partial charge on any atom is -0.481 e. The zero-order chi connectivity index (χ0) is 8.81. The van der Waals surface area contributed by atoms with E-state index in [0.29, 0.717) is 12.4 Å². The van der Waals surface area contributed by atoms with Crippen molar-refractivity contribution < 1.29 is 9.13 Å². The maximum atomic E-state index is 11.7. The summed E-state index contributed by atoms with van der Waals surface area (Å²) in [5, 5.41) is 2.55. The number of alkyl halides is 1. The largest absolute Gasteiger partial charge is 0.481 e. The smallest absolute Gasteiger partial charge is 0.217 e. The Balaban J connectivity index is 2.68. The van der Waals surface area contributed by atoms with Gasteiger partial charge in [0.25, 0.3) is 0 Å². The second-order valence-electron chi connectivity index (χ2n) is 2.23. The predicted molar refractivity (Wildman–Crippen MR) is 43.6 cm³/mol. The van der Waals surface area contributed by atoms with Crippen molar-refractivity contribution in [3.05, 3.63) is 23.9 Å². The first-order valence-electron chi connectivity index (χ1n) is 3.63. The predicted octanol–water partition coefficient (Wildman–Crippen LogP) is 1.11. The maximum absolute atomic E-state index is 11.7. The van der Waals surface area contributed by atoms with Crippen molar-refractivity contribution in [2.24, 2.45) is 0 Å². The lowest BCUT2D eigenvalue weighted by Crippen LogP contribution is -2.12. The molecule has 1 aromatic heterocycles. The Kier molecular flexibility index (Phi) is 3.47. The summed E-state index contributed by atoms with van der Waals surface area (Å²) in [6.07, 6.45) is 1.64. The van der Waals surface area contributed by atoms with Crippen LogP contribution in [0.1, 0.15) is 5.56 Å². The highest BCUT2D eigenvalue weighted by atomic mass is 19.1. The molecule has 0 amide bonds. The van der Waals surface area contributed by atoms with Crippen LogP contribution in [0.3, 0.4) is 0 Å². The highest BCUT2D eigenvalue weighted by Crippen LogP contribution is 2.12. The van der Waals surface area contributed by atoms with E-state index >= 15 is 0 Å². The van der Waals surface area contributed by atoms with E-state index in [-0.39, 0.29) is 0 Å². The van der Waals surface area contributed by atoms with Crippen LogP contribution in [-0.2, 0) is 6.54 Å². The summed E-state index contributed by atoms with van der Waals surface area (Å²) >= 11 is 0. The van der Waals surface area contributed by atoms with Crippen LogP contribution in [0.4, 0.5) is 4.39 Å². The SMILES string of the molecule is COc1ncccc1CNCF. The van der Waals surface area contributed by atoms with Crippen LogP contribution in [0.15, 0.2) is 18.3 Å². The summed E-state index contributed by atoms with van der Waals surface area (Å²) in [5.41, 5.74) is 0.859. The number of rotatable bonds is 4. The van der Waals surface area contributed by atoms with Gasteiger partial charge in [-0.15, -0.1) is 0 Å². The first-order chi connectivity index (χ1) is 5.88. The number of hydrogen-bond donors (Lipinski definition) is 1. The lowest BCUT2D eigenvalue weighted by atomic mass is 10.3. The van der Waals surface area contributed by atoms with E-state index in [0.717, 1.165) is 5.56 Å². The fourth-order valence-corrected chi connectivity index (χ4v) is 0.924. The standard InChI is InChI=1S/C8H11FN2O/c1-12-8-7(5-10-6-9)3-2-4-11-8/h2-4,10H,5-6H2,1H3. The highest BCUT2D eigenvalue weighted by molar-refractivity contribution is 5.24. The number of nitrogens with one attached hydrogen (secondary N) is 1. The Labute approximate surface area is 70.6 Å². The average Bonchev–Trinajstić information content (AvgIpc) is 2.15. The van der Waals surface area contributed by atoms with E-state index in [9.17, 15) is 4.39 Å². The van der Waals surface area contributed by atoms with Gasteiger partial charge in [0, 0.05) is 18.3 Å². The molecule has 1 N–H and O–H groups in total. The van der Waals surface area contributed by atoms with E-state index in [1.807, 2.05) is 6.07 Å². The Morgan fingerprint density at radius 2 is 2.50 bits per heavy atom. The molecule has 0 saturated carbocycles. The third-order valence-corrected chi connectivity index (χ3v) is 1.45. The van der Waals surface area contributed by atoms with Crippen molar-refractivity contribution in [3.8, 4) is 5.88 Å². The lowest BCUT2D eigenvalue weighted by molar-refractivity contribution is 0.382. The normalized spacial score (nSPS) is 9.83. The van der Waals surface area contributed by atoms with Crippen LogP contribution < -0.4 is 10.1 Å². The van der Waals surface area contributed by atoms with Crippen LogP contribution in [-0.4, -0.2) is 18.9 Å². The molecule has 0 saturated heterocycles. The zero-order valence-corrected chi connectivity index (χ0v) is 6.88. The van der Waals surface area contributed by atoms with E-state index in [2.05, 4.69) is 10.3 Å². The van der Waals surface area contributed by atoms with E-state index in [1.165, 1.54) is 0 Å². The summed E-state index contributed by atoms with van der Waals surface area (Å²) in [6.45, 7) is -0.106. The third kappa shape index (κ3) is 2.17. The van der Waals surface area contributed by atoms with Gasteiger partial charge in [-0.05, 0) is 6.07 Å². The molecule has 0 aliphatic heterocycles. The van der Waals surface area contributed by atoms with Gasteiger partial charge in [-0.3, -0.25) is 5.32 Å². The van der Waals surface area contributed by atoms with Crippen LogP contribution in [0, 0.1) is 0 Å². The monoisotopic (exact) mass is 170 g/mol. The van der Waals surface area contributed by atoms with Gasteiger partial charge in [-0.1, -0.05) is 6.07 Å². The molecule has 0 radical (unpaired) electrons. The molecule has 1 heterocycles. The molecule has 1 aromatic rings. The molecule has 66 valence electrons. The first kappa shape index (κ1) is 8.93. The second kappa shape index (κ2) is 4.66. The number of aromatic nitrogens is 1. The molecule has 0 fully saturated rings. The van der Waals surface area contributed by atoms with Crippen LogP contribution in [0.2, 0.25) is 0 Å². The topological polar surface area (TPSA) is 34.1 Å². The molecule has 0 spiro atoms. The highest BCUT2D eigenvalue weighted by Gasteiger charge is 2.00. The second-order valence-corrected chi connectivity index (χ2v) is 2.23. The van der Waals surface area contributed by atoms with Crippen LogP contribution in [0.5, 0.6) is 5.88 Å². The summed E-state index contributed by atoms with van der Waals surface area (Å²) in [5.74, 6) is 0.540. The maximum Gasteiger partial charge on any atom is 0.217 e. The molecule has 0 aliphatic carbocycles. The minimum absolute atomic E-state index is 0.438. The fourth-order valence-electron chi connectivity index (χ4n) is 0.924. The molecule has 0 aromatic carbocycles. The van der Waals surface area contributed by atoms with Crippen molar-refractivity contribution in [1.82, 2.24) is 10.3 Å². The van der Waals surface area contributed by atoms with Crippen molar-refractivity contribution >= 4 is 0 Å². The summed E-state index contributed by atoms with van der Waals surface area (Å²) in [6, 6.07) is 3.63. The van der Waals surface area contributed by atoms with Crippen molar-refractivity contribution in [2.75, 3.05) is 13.9 Å². The van der Waals surface area contributed by atoms with Crippen LogP contribution in [0.25, 0.3) is 0 Å². The molecule has 1 rings (SSSR count). The van der Waals surface area contributed by atoms with E-state index in [4.69, 9.17) is 4.74 Å². The molecule has 0 atom stereocenters. The fraction of sp³-hybridized carbons (Fsp3) is 0.375. The van der Waals surface area contributed by atoms with Crippen molar-refractivity contribution in [1.29, 1.82) is 0 Å². The Morgan fingerprint density at radius 3 is 3.17 bits per heavy atom. The van der Waals surface area contributed by atoms with Gasteiger partial charge >= 0.3 is 0 Å². The average molecular weight is 170 g/mol. The number of nitrogens with zero attached hydrogens (tertiary/aromatic N) is 1. The minimum atomic E-state index is -0.544. The molecule has 0 unspecified atom stereocenters. The molecule has 12 heavy (non-hydrogen) atoms. The molecular formula is C8H11FN2O. The van der Waals surface area contributed by atoms with E-state index in [1.54, 1.807) is 19.4 Å². The van der Waals surface area contributed by atoms with Crippen molar-refractivity contribution in [2.45, 2.75) is 6.54 Å². The molecule has 4 heteroatoms. The lowest BCUT2D eigenvalue weighted by Gasteiger charge is -2.05. The van der Waals surface area contributed by atoms with Gasteiger partial charge in [0.1, 0.15) is 6.80 Å². The van der Waals surface area contributed by atoms with Crippen LogP contribution >= 0.6 is 0 Å². The number of halogens is 1. The Hall–Kier alpha value is -1.16. The third-order valence-electron chi connectivity index (χ3n) is 1.45. The molecule has 0 bridgehead atoms. The molecular weight excluding hydrogens is 159 g/mol. The van der Waals surface area contributed by atoms with Gasteiger partial charge in [-0.25, -0.2) is 9.37 Å². The Bertz CT molecular complexity index is 242. The van der Waals surface area contributed by atoms with Gasteiger partial charge in [0.15, 0.2) is 0 Å². The summed E-state index contributed by atoms with van der Waals surface area (Å²) in [4.78, 5) is 3.97. The summed E-state index contributed by atoms with van der Waals surface area (Å²) in [7, 11) is 1.54. The first-order valence-corrected chi connectivity index (χ1v) is 3.63. The van der Waals surface area contributed by atoms with Crippen molar-refractivity contribution in [3.63, 3.8) is 0 Å². The number of hydrogen-bond acceptors (Lipinski definition) is 3. The van der Waals surface area contributed by atoms with Gasteiger partial charge < -0.3 is 4.74 Å². The van der Waals surface area contributed by atoms with Gasteiger partial charge in [0.05, 0.1) is 7.11 Å². The van der Waals surface area contributed by atoms with Gasteiger partial charge in [0.2, 0.25) is 5.88 Å². The zero-order valence-electron chi connectivity index (χ0n) is 6.88. The van der Waals surface area contributed by atoms with E-state index < -0.39 is 6.80 Å². The molecule has 0 aliphatic rings. The van der Waals surface area contributed by atoms with Gasteiger partial charge in [-0.2, -0.15) is 0 Å². The quantitative estimate of drug-likeness (QED) is 0.687. The number of methoxy groups -OCH3 is 1. The number of ether oxygens (including phenoxy) is 1.